The second-order valence-electron chi connectivity index (χ2n) is 7.87. The Morgan fingerprint density at radius 2 is 1.65 bits per heavy atom. The van der Waals surface area contributed by atoms with Crippen molar-refractivity contribution in [3.8, 4) is 17.2 Å². The first-order chi connectivity index (χ1) is 14.4. The summed E-state index contributed by atoms with van der Waals surface area (Å²) in [6.07, 6.45) is 0.630. The van der Waals surface area contributed by atoms with Crippen molar-refractivity contribution < 1.29 is 33.0 Å². The van der Waals surface area contributed by atoms with Crippen molar-refractivity contribution in [1.82, 2.24) is 0 Å². The van der Waals surface area contributed by atoms with Crippen LogP contribution in [0.15, 0.2) is 36.4 Å². The summed E-state index contributed by atoms with van der Waals surface area (Å²) in [6, 6.07) is 6.90. The molecule has 0 aliphatic rings. The smallest absolute Gasteiger partial charge is 0.340 e. The van der Waals surface area contributed by atoms with Crippen LogP contribution in [0.4, 0.5) is 4.39 Å². The van der Waals surface area contributed by atoms with Crippen molar-refractivity contribution >= 4 is 17.7 Å². The monoisotopic (exact) mass is 431 g/mol. The molecule has 0 saturated carbocycles. The zero-order chi connectivity index (χ0) is 23.3. The summed E-state index contributed by atoms with van der Waals surface area (Å²) in [5.74, 6) is -3.17. The van der Waals surface area contributed by atoms with Crippen molar-refractivity contribution in [2.75, 3.05) is 0 Å². The minimum absolute atomic E-state index is 0.0293. The van der Waals surface area contributed by atoms with Gasteiger partial charge in [0.25, 0.3) is 0 Å². The van der Waals surface area contributed by atoms with E-state index in [2.05, 4.69) is 0 Å². The van der Waals surface area contributed by atoms with Gasteiger partial charge in [-0.25, -0.2) is 14.0 Å². The first kappa shape index (κ1) is 24.0. The Kier molecular flexibility index (Phi) is 7.51. The summed E-state index contributed by atoms with van der Waals surface area (Å²) in [5, 5.41) is 0. The van der Waals surface area contributed by atoms with Gasteiger partial charge in [-0.05, 0) is 70.0 Å². The van der Waals surface area contributed by atoms with Crippen LogP contribution in [0.25, 0.3) is 0 Å². The minimum Gasteiger partial charge on any atom is -0.458 e. The van der Waals surface area contributed by atoms with E-state index in [9.17, 15) is 18.8 Å². The molecule has 0 aliphatic carbocycles. The highest BCUT2D eigenvalue weighted by Crippen LogP contribution is 2.34. The van der Waals surface area contributed by atoms with E-state index in [1.54, 1.807) is 26.8 Å². The quantitative estimate of drug-likeness (QED) is 0.306. The van der Waals surface area contributed by atoms with Gasteiger partial charge in [0.2, 0.25) is 6.04 Å². The van der Waals surface area contributed by atoms with Gasteiger partial charge < -0.3 is 19.9 Å². The number of benzene rings is 2. The number of aryl methyl sites for hydroxylation is 1. The Hall–Kier alpha value is -3.26. The molecule has 8 heteroatoms. The fourth-order valence-electron chi connectivity index (χ4n) is 2.49. The molecule has 0 amide bonds. The molecule has 2 aromatic carbocycles. The maximum atomic E-state index is 14.4. The predicted molar refractivity (Wildman–Crippen MR) is 112 cm³/mol. The molecule has 0 fully saturated rings. The van der Waals surface area contributed by atoms with Crippen LogP contribution >= 0.6 is 0 Å². The van der Waals surface area contributed by atoms with Gasteiger partial charge in [-0.1, -0.05) is 13.0 Å². The third-order valence-corrected chi connectivity index (χ3v) is 4.10. The Labute approximate surface area is 180 Å². The van der Waals surface area contributed by atoms with Gasteiger partial charge in [0.1, 0.15) is 5.60 Å². The van der Waals surface area contributed by atoms with E-state index >= 15 is 0 Å². The van der Waals surface area contributed by atoms with E-state index in [1.807, 2.05) is 6.92 Å². The summed E-state index contributed by atoms with van der Waals surface area (Å²) in [7, 11) is 0. The van der Waals surface area contributed by atoms with Crippen LogP contribution in [0.5, 0.6) is 17.2 Å². The number of carbonyl (C=O) groups is 3. The van der Waals surface area contributed by atoms with E-state index in [1.165, 1.54) is 31.2 Å². The number of nitrogens with two attached hydrogens (primary N) is 1. The van der Waals surface area contributed by atoms with Gasteiger partial charge in [-0.2, -0.15) is 0 Å². The molecular weight excluding hydrogens is 405 g/mol. The molecule has 0 heterocycles. The van der Waals surface area contributed by atoms with E-state index in [0.717, 1.165) is 11.6 Å². The highest BCUT2D eigenvalue weighted by molar-refractivity contribution is 6.00. The number of ketones is 1. The summed E-state index contributed by atoms with van der Waals surface area (Å²) in [6.45, 7) is 8.15. The third kappa shape index (κ3) is 6.62. The van der Waals surface area contributed by atoms with Crippen LogP contribution < -0.4 is 15.2 Å². The molecule has 2 rings (SSSR count). The van der Waals surface area contributed by atoms with Crippen LogP contribution in [0, 0.1) is 5.82 Å². The number of carbonyl (C=O) groups excluding carboxylic acids is 3. The zero-order valence-corrected chi connectivity index (χ0v) is 18.2. The van der Waals surface area contributed by atoms with Gasteiger partial charge in [-0.15, -0.1) is 0 Å². The lowest BCUT2D eigenvalue weighted by Crippen LogP contribution is -2.45. The SMILES string of the molecule is CCc1ccc(Oc2ccc(C(C)=O)cc2F)c(OC(=O)C(N)C(=O)OC(C)(C)C)c1. The largest absolute Gasteiger partial charge is 0.458 e. The molecule has 0 radical (unpaired) electrons. The second kappa shape index (κ2) is 9.70. The second-order valence-corrected chi connectivity index (χ2v) is 7.87. The lowest BCUT2D eigenvalue weighted by atomic mass is 10.1. The standard InChI is InChI=1S/C23H26FNO6/c1-6-14-7-9-18(29-17-10-8-15(13(2)26)12-16(17)24)19(11-14)30-21(27)20(25)22(28)31-23(3,4)5/h7-12,20H,6,25H2,1-5H3. The van der Waals surface area contributed by atoms with Crippen molar-refractivity contribution in [3.05, 3.63) is 53.3 Å². The van der Waals surface area contributed by atoms with E-state index in [-0.39, 0.29) is 28.6 Å². The lowest BCUT2D eigenvalue weighted by molar-refractivity contribution is -0.161. The summed E-state index contributed by atoms with van der Waals surface area (Å²) in [5.41, 5.74) is 5.86. The van der Waals surface area contributed by atoms with Gasteiger partial charge in [0, 0.05) is 5.56 Å². The highest BCUT2D eigenvalue weighted by atomic mass is 19.1. The molecule has 0 aliphatic heterocycles. The number of Topliss-reactive ketones (excluding diaryl/α,β-unsaturated/α-hetero) is 1. The average Bonchev–Trinajstić information content (AvgIpc) is 2.68. The maximum absolute atomic E-state index is 14.4. The van der Waals surface area contributed by atoms with Crippen LogP contribution in [-0.4, -0.2) is 29.4 Å². The van der Waals surface area contributed by atoms with Crippen LogP contribution in [-0.2, 0) is 20.7 Å². The number of esters is 2. The summed E-state index contributed by atoms with van der Waals surface area (Å²) in [4.78, 5) is 35.9. The molecule has 0 aromatic heterocycles. The average molecular weight is 431 g/mol. The van der Waals surface area contributed by atoms with Gasteiger partial charge >= 0.3 is 11.9 Å². The number of hydrogen-bond donors (Lipinski definition) is 1. The molecule has 2 N–H and O–H groups in total. The summed E-state index contributed by atoms with van der Waals surface area (Å²) < 4.78 is 30.3. The van der Waals surface area contributed by atoms with Crippen molar-refractivity contribution in [2.24, 2.45) is 5.73 Å². The van der Waals surface area contributed by atoms with E-state index in [4.69, 9.17) is 19.9 Å². The van der Waals surface area contributed by atoms with Gasteiger partial charge in [0.15, 0.2) is 28.8 Å². The van der Waals surface area contributed by atoms with Gasteiger partial charge in [0.05, 0.1) is 0 Å². The van der Waals surface area contributed by atoms with Crippen LogP contribution in [0.2, 0.25) is 0 Å². The molecule has 1 atom stereocenters. The Balaban J connectivity index is 2.28. The molecule has 0 spiro atoms. The first-order valence-corrected chi connectivity index (χ1v) is 9.72. The van der Waals surface area contributed by atoms with Crippen molar-refractivity contribution in [2.45, 2.75) is 52.7 Å². The number of rotatable bonds is 7. The van der Waals surface area contributed by atoms with Crippen LogP contribution in [0.3, 0.4) is 0 Å². The van der Waals surface area contributed by atoms with Crippen LogP contribution in [0.1, 0.15) is 50.5 Å². The van der Waals surface area contributed by atoms with Gasteiger partial charge in [-0.3, -0.25) is 4.79 Å². The number of ether oxygens (including phenoxy) is 3. The zero-order valence-electron chi connectivity index (χ0n) is 18.2. The Bertz CT molecular complexity index is 996. The minimum atomic E-state index is -1.66. The molecule has 0 saturated heterocycles. The van der Waals surface area contributed by atoms with E-state index in [0.29, 0.717) is 6.42 Å². The predicted octanol–water partition coefficient (Wildman–Crippen LogP) is 3.96. The first-order valence-electron chi connectivity index (χ1n) is 9.72. The Morgan fingerprint density at radius 3 is 2.19 bits per heavy atom. The number of halogens is 1. The molecule has 166 valence electrons. The molecule has 0 bridgehead atoms. The highest BCUT2D eigenvalue weighted by Gasteiger charge is 2.30. The molecule has 1 unspecified atom stereocenters. The van der Waals surface area contributed by atoms with Crippen molar-refractivity contribution in [3.63, 3.8) is 0 Å². The van der Waals surface area contributed by atoms with E-state index < -0.39 is 29.4 Å². The maximum Gasteiger partial charge on any atom is 0.340 e. The third-order valence-electron chi connectivity index (χ3n) is 4.10. The number of hydrogen-bond acceptors (Lipinski definition) is 7. The summed E-state index contributed by atoms with van der Waals surface area (Å²) >= 11 is 0. The normalized spacial score (nSPS) is 12.1. The fourth-order valence-corrected chi connectivity index (χ4v) is 2.49. The topological polar surface area (TPSA) is 105 Å². The lowest BCUT2D eigenvalue weighted by Gasteiger charge is -2.21. The Morgan fingerprint density at radius 1 is 1.00 bits per heavy atom. The molecule has 31 heavy (non-hydrogen) atoms. The molecule has 2 aromatic rings. The van der Waals surface area contributed by atoms with Crippen molar-refractivity contribution in [1.29, 1.82) is 0 Å². The molecule has 7 nitrogen and oxygen atoms in total. The fraction of sp³-hybridized carbons (Fsp3) is 0.348. The molecular formula is C23H26FNO6.